The number of amides is 2. The maximum absolute atomic E-state index is 12.1. The number of rotatable bonds is 5. The van der Waals surface area contributed by atoms with Gasteiger partial charge >= 0.3 is 11.8 Å². The number of hydrogen-bond donors (Lipinski definition) is 1. The van der Waals surface area contributed by atoms with Gasteiger partial charge in [-0.3, -0.25) is 9.59 Å². The van der Waals surface area contributed by atoms with Gasteiger partial charge in [-0.1, -0.05) is 18.2 Å². The van der Waals surface area contributed by atoms with E-state index in [2.05, 4.69) is 5.32 Å². The van der Waals surface area contributed by atoms with Crippen LogP contribution in [0.2, 0.25) is 0 Å². The average molecular weight is 354 g/mol. The van der Waals surface area contributed by atoms with Crippen LogP contribution in [0.1, 0.15) is 12.0 Å². The van der Waals surface area contributed by atoms with Crippen LogP contribution in [0.5, 0.6) is 5.75 Å². The van der Waals surface area contributed by atoms with E-state index in [4.69, 9.17) is 4.74 Å². The van der Waals surface area contributed by atoms with Gasteiger partial charge in [-0.2, -0.15) is 0 Å². The fourth-order valence-corrected chi connectivity index (χ4v) is 4.48. The Morgan fingerprint density at radius 3 is 2.67 bits per heavy atom. The first-order chi connectivity index (χ1) is 11.3. The number of carbonyl (C=O) groups is 2. The van der Waals surface area contributed by atoms with Crippen molar-refractivity contribution in [1.82, 2.24) is 10.2 Å². The van der Waals surface area contributed by atoms with Crippen molar-refractivity contribution in [2.75, 3.05) is 32.2 Å². The largest absolute Gasteiger partial charge is 0.496 e. The van der Waals surface area contributed by atoms with Crippen LogP contribution in [-0.2, 0) is 25.8 Å². The lowest BCUT2D eigenvalue weighted by Crippen LogP contribution is -2.46. The molecule has 1 aliphatic rings. The predicted octanol–water partition coefficient (Wildman–Crippen LogP) is -0.000600. The van der Waals surface area contributed by atoms with Crippen LogP contribution < -0.4 is 10.1 Å². The third kappa shape index (κ3) is 4.47. The molecule has 0 spiro atoms. The summed E-state index contributed by atoms with van der Waals surface area (Å²) in [6.45, 7) is 0.293. The average Bonchev–Trinajstić information content (AvgIpc) is 2.93. The second-order valence-corrected chi connectivity index (χ2v) is 8.02. The number of likely N-dealkylation sites (N-methyl/N-ethyl adjacent to an activating group) is 1. The quantitative estimate of drug-likeness (QED) is 0.752. The lowest BCUT2D eigenvalue weighted by Gasteiger charge is -2.22. The van der Waals surface area contributed by atoms with E-state index in [0.29, 0.717) is 19.4 Å². The highest BCUT2D eigenvalue weighted by molar-refractivity contribution is 7.91. The Labute approximate surface area is 141 Å². The standard InChI is InChI=1S/C16H22N2O5S/c1-18(13-8-10-24(21,22)11-13)16(20)15(19)17-9-7-12-5-3-4-6-14(12)23-2/h3-6,13H,7-11H2,1-2H3,(H,17,19). The topological polar surface area (TPSA) is 92.8 Å². The number of hydrogen-bond acceptors (Lipinski definition) is 5. The highest BCUT2D eigenvalue weighted by Crippen LogP contribution is 2.18. The van der Waals surface area contributed by atoms with Crippen LogP contribution in [-0.4, -0.2) is 63.4 Å². The molecule has 0 saturated carbocycles. The van der Waals surface area contributed by atoms with Gasteiger partial charge in [-0.05, 0) is 24.5 Å². The fraction of sp³-hybridized carbons (Fsp3) is 0.500. The van der Waals surface area contributed by atoms with Gasteiger partial charge in [-0.15, -0.1) is 0 Å². The van der Waals surface area contributed by atoms with E-state index in [1.54, 1.807) is 7.11 Å². The number of benzene rings is 1. The third-order valence-corrected chi connectivity index (χ3v) is 5.89. The predicted molar refractivity (Wildman–Crippen MR) is 89.5 cm³/mol. The molecule has 1 heterocycles. The van der Waals surface area contributed by atoms with Crippen molar-refractivity contribution in [3.63, 3.8) is 0 Å². The van der Waals surface area contributed by atoms with Gasteiger partial charge in [0.15, 0.2) is 9.84 Å². The van der Waals surface area contributed by atoms with E-state index in [-0.39, 0.29) is 11.5 Å². The molecule has 1 fully saturated rings. The molecule has 24 heavy (non-hydrogen) atoms. The molecule has 0 aromatic heterocycles. The minimum atomic E-state index is -3.10. The fourth-order valence-electron chi connectivity index (χ4n) is 2.70. The molecular weight excluding hydrogens is 332 g/mol. The van der Waals surface area contributed by atoms with Gasteiger partial charge in [0, 0.05) is 19.6 Å². The van der Waals surface area contributed by atoms with Crippen molar-refractivity contribution in [3.8, 4) is 5.75 Å². The molecule has 0 aliphatic carbocycles. The first-order valence-electron chi connectivity index (χ1n) is 7.71. The van der Waals surface area contributed by atoms with Gasteiger partial charge in [0.1, 0.15) is 5.75 Å². The van der Waals surface area contributed by atoms with Crippen LogP contribution in [0, 0.1) is 0 Å². The van der Waals surface area contributed by atoms with Crippen molar-refractivity contribution in [1.29, 1.82) is 0 Å². The number of carbonyl (C=O) groups excluding carboxylic acids is 2. The summed E-state index contributed by atoms with van der Waals surface area (Å²) in [7, 11) is -0.0590. The molecule has 8 heteroatoms. The van der Waals surface area contributed by atoms with Crippen molar-refractivity contribution in [2.45, 2.75) is 18.9 Å². The lowest BCUT2D eigenvalue weighted by atomic mass is 10.1. The Kier molecular flexibility index (Phi) is 5.82. The summed E-state index contributed by atoms with van der Waals surface area (Å²) in [6, 6.07) is 7.02. The number of para-hydroxylation sites is 1. The number of nitrogens with zero attached hydrogens (tertiary/aromatic N) is 1. The number of sulfone groups is 1. The summed E-state index contributed by atoms with van der Waals surface area (Å²) in [5.41, 5.74) is 0.933. The van der Waals surface area contributed by atoms with Gasteiger partial charge in [0.05, 0.1) is 18.6 Å². The molecule has 2 rings (SSSR count). The van der Waals surface area contributed by atoms with Crippen LogP contribution >= 0.6 is 0 Å². The van der Waals surface area contributed by atoms with E-state index in [1.165, 1.54) is 11.9 Å². The van der Waals surface area contributed by atoms with Gasteiger partial charge in [0.2, 0.25) is 0 Å². The highest BCUT2D eigenvalue weighted by atomic mass is 32.2. The molecule has 1 atom stereocenters. The summed E-state index contributed by atoms with van der Waals surface area (Å²) in [6.07, 6.45) is 0.906. The Hall–Kier alpha value is -2.09. The summed E-state index contributed by atoms with van der Waals surface area (Å²) in [5, 5.41) is 2.57. The van der Waals surface area contributed by atoms with Crippen LogP contribution in [0.3, 0.4) is 0 Å². The van der Waals surface area contributed by atoms with Crippen LogP contribution in [0.4, 0.5) is 0 Å². The number of ether oxygens (including phenoxy) is 1. The smallest absolute Gasteiger partial charge is 0.311 e. The number of methoxy groups -OCH3 is 1. The lowest BCUT2D eigenvalue weighted by molar-refractivity contribution is -0.146. The minimum absolute atomic E-state index is 0.0602. The molecule has 0 radical (unpaired) electrons. The number of nitrogens with one attached hydrogen (secondary N) is 1. The molecule has 1 aromatic carbocycles. The van der Waals surface area contributed by atoms with Crippen LogP contribution in [0.15, 0.2) is 24.3 Å². The van der Waals surface area contributed by atoms with E-state index < -0.39 is 27.7 Å². The molecule has 2 amide bonds. The van der Waals surface area contributed by atoms with Gasteiger partial charge in [0.25, 0.3) is 0 Å². The van der Waals surface area contributed by atoms with Gasteiger partial charge < -0.3 is 15.0 Å². The Morgan fingerprint density at radius 1 is 1.33 bits per heavy atom. The molecule has 1 unspecified atom stereocenters. The SMILES string of the molecule is COc1ccccc1CCNC(=O)C(=O)N(C)C1CCS(=O)(=O)C1. The van der Waals surface area contributed by atoms with Crippen LogP contribution in [0.25, 0.3) is 0 Å². The summed E-state index contributed by atoms with van der Waals surface area (Å²) in [5.74, 6) is -0.728. The molecule has 132 valence electrons. The minimum Gasteiger partial charge on any atom is -0.496 e. The maximum atomic E-state index is 12.1. The summed E-state index contributed by atoms with van der Waals surface area (Å²) in [4.78, 5) is 25.3. The highest BCUT2D eigenvalue weighted by Gasteiger charge is 2.34. The molecule has 7 nitrogen and oxygen atoms in total. The van der Waals surface area contributed by atoms with E-state index >= 15 is 0 Å². The zero-order chi connectivity index (χ0) is 17.7. The van der Waals surface area contributed by atoms with Crippen molar-refractivity contribution < 1.29 is 22.7 Å². The Balaban J connectivity index is 1.85. The Morgan fingerprint density at radius 2 is 2.04 bits per heavy atom. The zero-order valence-electron chi connectivity index (χ0n) is 13.8. The van der Waals surface area contributed by atoms with Crippen molar-refractivity contribution >= 4 is 21.7 Å². The second kappa shape index (κ2) is 7.65. The van der Waals surface area contributed by atoms with Crippen molar-refractivity contribution in [2.24, 2.45) is 0 Å². The molecule has 0 bridgehead atoms. The first-order valence-corrected chi connectivity index (χ1v) is 9.53. The van der Waals surface area contributed by atoms with E-state index in [9.17, 15) is 18.0 Å². The van der Waals surface area contributed by atoms with Gasteiger partial charge in [-0.25, -0.2) is 8.42 Å². The third-order valence-electron chi connectivity index (χ3n) is 4.14. The molecule has 1 N–H and O–H groups in total. The van der Waals surface area contributed by atoms with E-state index in [1.807, 2.05) is 24.3 Å². The molecule has 1 aliphatic heterocycles. The normalized spacial score (nSPS) is 18.8. The molecule has 1 saturated heterocycles. The second-order valence-electron chi connectivity index (χ2n) is 5.79. The summed E-state index contributed by atoms with van der Waals surface area (Å²) < 4.78 is 28.2. The van der Waals surface area contributed by atoms with E-state index in [0.717, 1.165) is 11.3 Å². The molecule has 1 aromatic rings. The monoisotopic (exact) mass is 354 g/mol. The zero-order valence-corrected chi connectivity index (χ0v) is 14.6. The summed E-state index contributed by atoms with van der Waals surface area (Å²) >= 11 is 0. The first kappa shape index (κ1) is 18.3. The molecular formula is C16H22N2O5S. The van der Waals surface area contributed by atoms with Crippen molar-refractivity contribution in [3.05, 3.63) is 29.8 Å². The Bertz CT molecular complexity index is 717. The maximum Gasteiger partial charge on any atom is 0.311 e.